The van der Waals surface area contributed by atoms with Gasteiger partial charge in [0.1, 0.15) is 12.6 Å². The molecule has 0 aromatic carbocycles. The number of aliphatic hydroxyl groups is 1. The molecule has 0 unspecified atom stereocenters. The van der Waals surface area contributed by atoms with Crippen molar-refractivity contribution < 1.29 is 14.6 Å². The van der Waals surface area contributed by atoms with Gasteiger partial charge in [0, 0.05) is 6.42 Å². The number of aromatic nitrogens is 4. The predicted molar refractivity (Wildman–Crippen MR) is 121 cm³/mol. The number of nitrogens with zero attached hydrogens (tertiary/aromatic N) is 4. The lowest BCUT2D eigenvalue weighted by atomic mass is 10.1. The number of carbonyl (C=O) groups is 1. The molecular weight excluding hydrogens is 394 g/mol. The number of anilines is 1. The first-order valence-electron chi connectivity index (χ1n) is 12.0. The minimum absolute atomic E-state index is 0.0123. The number of amides is 1. The molecule has 2 atom stereocenters. The van der Waals surface area contributed by atoms with Gasteiger partial charge in [-0.25, -0.2) is 15.0 Å². The maximum Gasteiger partial charge on any atom is 0.225 e. The van der Waals surface area contributed by atoms with E-state index in [9.17, 15) is 9.90 Å². The third kappa shape index (κ3) is 6.97. The van der Waals surface area contributed by atoms with Crippen LogP contribution in [0.5, 0.6) is 0 Å². The molecule has 8 nitrogen and oxygen atoms in total. The summed E-state index contributed by atoms with van der Waals surface area (Å²) in [6.45, 7) is 2.26. The van der Waals surface area contributed by atoms with Gasteiger partial charge in [-0.05, 0) is 19.3 Å². The van der Waals surface area contributed by atoms with E-state index in [4.69, 9.17) is 4.74 Å². The molecule has 0 radical (unpaired) electrons. The lowest BCUT2D eigenvalue weighted by molar-refractivity contribution is -0.116. The van der Waals surface area contributed by atoms with Crippen LogP contribution in [0.15, 0.2) is 12.7 Å². The summed E-state index contributed by atoms with van der Waals surface area (Å²) < 4.78 is 7.68. The number of ether oxygens (including phenoxy) is 1. The van der Waals surface area contributed by atoms with Crippen LogP contribution in [-0.2, 0) is 9.53 Å². The van der Waals surface area contributed by atoms with E-state index in [0.717, 1.165) is 25.7 Å². The first-order valence-corrected chi connectivity index (χ1v) is 12.0. The van der Waals surface area contributed by atoms with Crippen molar-refractivity contribution in [1.29, 1.82) is 0 Å². The van der Waals surface area contributed by atoms with Gasteiger partial charge in [-0.15, -0.1) is 0 Å². The van der Waals surface area contributed by atoms with Gasteiger partial charge < -0.3 is 15.2 Å². The third-order valence-corrected chi connectivity index (χ3v) is 5.97. The van der Waals surface area contributed by atoms with E-state index in [0.29, 0.717) is 23.4 Å². The molecule has 2 aromatic heterocycles. The minimum atomic E-state index is -0.202. The second kappa shape index (κ2) is 12.7. The van der Waals surface area contributed by atoms with E-state index in [-0.39, 0.29) is 24.8 Å². The topological polar surface area (TPSA) is 102 Å². The number of aliphatic hydroxyl groups excluding tert-OH is 1. The van der Waals surface area contributed by atoms with Crippen molar-refractivity contribution in [3.63, 3.8) is 0 Å². The zero-order chi connectivity index (χ0) is 21.9. The quantitative estimate of drug-likeness (QED) is 0.419. The van der Waals surface area contributed by atoms with Gasteiger partial charge in [0.15, 0.2) is 17.0 Å². The fraction of sp³-hybridized carbons (Fsp3) is 0.739. The summed E-state index contributed by atoms with van der Waals surface area (Å²) in [4.78, 5) is 25.3. The van der Waals surface area contributed by atoms with E-state index in [1.165, 1.54) is 57.7 Å². The number of imidazole rings is 1. The first kappa shape index (κ1) is 23.6. The normalized spacial score (nSPS) is 18.6. The van der Waals surface area contributed by atoms with Crippen LogP contribution in [0.1, 0.15) is 96.6 Å². The molecule has 1 saturated heterocycles. The molecule has 1 aliphatic heterocycles. The highest BCUT2D eigenvalue weighted by Crippen LogP contribution is 2.31. The number of hydrogen-bond acceptors (Lipinski definition) is 6. The van der Waals surface area contributed by atoms with Crippen LogP contribution in [0.4, 0.5) is 5.82 Å². The first-order chi connectivity index (χ1) is 15.2. The summed E-state index contributed by atoms with van der Waals surface area (Å²) in [5.74, 6) is 0.407. The molecule has 3 heterocycles. The Balaban J connectivity index is 1.40. The molecule has 0 spiro atoms. The van der Waals surface area contributed by atoms with Gasteiger partial charge in [-0.3, -0.25) is 9.36 Å². The fourth-order valence-corrected chi connectivity index (χ4v) is 4.15. The smallest absolute Gasteiger partial charge is 0.225 e. The molecule has 2 N–H and O–H groups in total. The summed E-state index contributed by atoms with van der Waals surface area (Å²) in [5.41, 5.74) is 1.20. The Kier molecular flexibility index (Phi) is 9.68. The molecule has 0 bridgehead atoms. The highest BCUT2D eigenvalue weighted by atomic mass is 16.5. The second-order valence-corrected chi connectivity index (χ2v) is 8.50. The van der Waals surface area contributed by atoms with Gasteiger partial charge in [0.05, 0.1) is 19.0 Å². The second-order valence-electron chi connectivity index (χ2n) is 8.50. The van der Waals surface area contributed by atoms with Gasteiger partial charge in [0.25, 0.3) is 0 Å². The van der Waals surface area contributed by atoms with Gasteiger partial charge in [0.2, 0.25) is 5.91 Å². The molecule has 1 fully saturated rings. The number of rotatable bonds is 14. The van der Waals surface area contributed by atoms with Crippen LogP contribution in [0.3, 0.4) is 0 Å². The van der Waals surface area contributed by atoms with E-state index in [1.54, 1.807) is 6.33 Å². The van der Waals surface area contributed by atoms with Crippen molar-refractivity contribution in [3.05, 3.63) is 12.7 Å². The van der Waals surface area contributed by atoms with Crippen LogP contribution in [0, 0.1) is 0 Å². The van der Waals surface area contributed by atoms with Crippen molar-refractivity contribution in [2.75, 3.05) is 11.9 Å². The molecule has 1 amide bonds. The minimum Gasteiger partial charge on any atom is -0.394 e. The number of fused-ring (bicyclic) bond motifs is 1. The van der Waals surface area contributed by atoms with Crippen LogP contribution in [0.2, 0.25) is 0 Å². The summed E-state index contributed by atoms with van der Waals surface area (Å²) in [7, 11) is 0. The van der Waals surface area contributed by atoms with E-state index >= 15 is 0 Å². The standard InChI is InChI=1S/C23H37N5O3/c1-2-3-4-5-6-7-8-9-10-11-12-19(30)27-22-21-23(25-16-24-22)28(17-26-21)20-14-13-18(15-29)31-20/h16-18,20,29H,2-15H2,1H3,(H,24,25,27,30)/t18-,20+/m0/s1. The van der Waals surface area contributed by atoms with E-state index in [1.807, 2.05) is 4.57 Å². The van der Waals surface area contributed by atoms with Crippen LogP contribution < -0.4 is 5.32 Å². The molecule has 0 saturated carbocycles. The average molecular weight is 432 g/mol. The Morgan fingerprint density at radius 3 is 2.45 bits per heavy atom. The Morgan fingerprint density at radius 2 is 1.77 bits per heavy atom. The highest BCUT2D eigenvalue weighted by Gasteiger charge is 2.27. The number of hydrogen-bond donors (Lipinski definition) is 2. The molecule has 31 heavy (non-hydrogen) atoms. The molecule has 3 rings (SSSR count). The van der Waals surface area contributed by atoms with Crippen molar-refractivity contribution in [2.24, 2.45) is 0 Å². The summed E-state index contributed by atoms with van der Waals surface area (Å²) in [5, 5.41) is 12.2. The Morgan fingerprint density at radius 1 is 1.06 bits per heavy atom. The van der Waals surface area contributed by atoms with Crippen LogP contribution >= 0.6 is 0 Å². The SMILES string of the molecule is CCCCCCCCCCCCC(=O)Nc1ncnc2c1ncn2[C@H]1CC[C@@H](CO)O1. The Labute approximate surface area is 184 Å². The number of nitrogens with one attached hydrogen (secondary N) is 1. The van der Waals surface area contributed by atoms with Crippen molar-refractivity contribution in [2.45, 2.75) is 103 Å². The van der Waals surface area contributed by atoms with Crippen molar-refractivity contribution >= 4 is 22.9 Å². The van der Waals surface area contributed by atoms with Crippen LogP contribution in [-0.4, -0.2) is 43.2 Å². The summed E-state index contributed by atoms with van der Waals surface area (Å²) in [6.07, 6.45) is 17.3. The Bertz CT molecular complexity index is 810. The number of carbonyl (C=O) groups excluding carboxylic acids is 1. The predicted octanol–water partition coefficient (Wildman–Crippen LogP) is 4.75. The highest BCUT2D eigenvalue weighted by molar-refractivity contribution is 5.96. The lowest BCUT2D eigenvalue weighted by Gasteiger charge is -2.13. The van der Waals surface area contributed by atoms with Gasteiger partial charge in [-0.2, -0.15) is 0 Å². The molecule has 2 aromatic rings. The van der Waals surface area contributed by atoms with Gasteiger partial charge in [-0.1, -0.05) is 64.7 Å². The van der Waals surface area contributed by atoms with Crippen molar-refractivity contribution in [1.82, 2.24) is 19.5 Å². The zero-order valence-corrected chi connectivity index (χ0v) is 18.8. The molecule has 172 valence electrons. The molecule has 1 aliphatic rings. The molecule has 8 heteroatoms. The molecular formula is C23H37N5O3. The number of unbranched alkanes of at least 4 members (excludes halogenated alkanes) is 9. The lowest BCUT2D eigenvalue weighted by Crippen LogP contribution is -2.15. The summed E-state index contributed by atoms with van der Waals surface area (Å²) in [6, 6.07) is 0. The summed E-state index contributed by atoms with van der Waals surface area (Å²) >= 11 is 0. The Hall–Kier alpha value is -2.06. The largest absolute Gasteiger partial charge is 0.394 e. The fourth-order valence-electron chi connectivity index (χ4n) is 4.15. The average Bonchev–Trinajstić information content (AvgIpc) is 3.42. The van der Waals surface area contributed by atoms with Gasteiger partial charge >= 0.3 is 0 Å². The third-order valence-electron chi connectivity index (χ3n) is 5.97. The molecule has 0 aliphatic carbocycles. The maximum absolute atomic E-state index is 12.4. The maximum atomic E-state index is 12.4. The van der Waals surface area contributed by atoms with E-state index in [2.05, 4.69) is 27.2 Å². The monoisotopic (exact) mass is 431 g/mol. The van der Waals surface area contributed by atoms with Crippen molar-refractivity contribution in [3.8, 4) is 0 Å². The zero-order valence-electron chi connectivity index (χ0n) is 18.8. The van der Waals surface area contributed by atoms with E-state index < -0.39 is 0 Å². The van der Waals surface area contributed by atoms with Crippen LogP contribution in [0.25, 0.3) is 11.2 Å².